The Morgan fingerprint density at radius 1 is 1.23 bits per heavy atom. The summed E-state index contributed by atoms with van der Waals surface area (Å²) in [5.41, 5.74) is 3.27. The molecule has 0 N–H and O–H groups in total. The topological polar surface area (TPSA) is 99.9 Å². The van der Waals surface area contributed by atoms with Gasteiger partial charge in [0.05, 0.1) is 19.6 Å². The van der Waals surface area contributed by atoms with Crippen molar-refractivity contribution >= 4 is 17.6 Å². The molecule has 0 atom stereocenters. The number of rotatable bonds is 6. The molecule has 8 nitrogen and oxygen atoms in total. The van der Waals surface area contributed by atoms with Gasteiger partial charge < -0.3 is 25.9 Å². The van der Waals surface area contributed by atoms with Gasteiger partial charge in [0.2, 0.25) is 0 Å². The fourth-order valence-electron chi connectivity index (χ4n) is 3.88. The zero-order valence-electron chi connectivity index (χ0n) is 20.7. The number of halogens is 2. The molecule has 1 saturated carbocycles. The molecule has 0 aromatic carbocycles. The van der Waals surface area contributed by atoms with Gasteiger partial charge in [-0.25, -0.2) is 8.78 Å². The summed E-state index contributed by atoms with van der Waals surface area (Å²) in [4.78, 5) is 31.3. The molecule has 0 unspecified atom stereocenters. The molecule has 4 aromatic heterocycles. The van der Waals surface area contributed by atoms with Crippen LogP contribution in [0.3, 0.4) is 0 Å². The fraction of sp³-hybridized carbons (Fsp3) is 0.259. The monoisotopic (exact) mass is 591 g/mol. The van der Waals surface area contributed by atoms with Crippen LogP contribution in [0, 0.1) is 30.7 Å². The normalized spacial score (nSPS) is 15.7. The first-order chi connectivity index (χ1) is 18.3. The predicted octanol–water partition coefficient (Wildman–Crippen LogP) is 4.47. The van der Waals surface area contributed by atoms with E-state index in [1.165, 1.54) is 41.3 Å². The molecule has 1 fully saturated rings. The number of carbonyl (C=O) groups excluding carboxylic acids is 1. The molecule has 0 spiro atoms. The van der Waals surface area contributed by atoms with Crippen LogP contribution >= 0.6 is 11.3 Å². The van der Waals surface area contributed by atoms with Crippen LogP contribution in [0.5, 0.6) is 5.75 Å². The smallest absolute Gasteiger partial charge is 0.496 e. The van der Waals surface area contributed by atoms with E-state index in [2.05, 4.69) is 31.6 Å². The minimum Gasteiger partial charge on any atom is -0.496 e. The summed E-state index contributed by atoms with van der Waals surface area (Å²) in [5.74, 6) is 4.21. The van der Waals surface area contributed by atoms with Crippen LogP contribution in [-0.2, 0) is 21.3 Å². The molecule has 0 aliphatic heterocycles. The second-order valence-corrected chi connectivity index (χ2v) is 9.28. The van der Waals surface area contributed by atoms with Crippen LogP contribution in [0.25, 0.3) is 16.9 Å². The molecular weight excluding hydrogens is 571 g/mol. The number of aromatic nitrogens is 5. The van der Waals surface area contributed by atoms with Crippen LogP contribution < -0.4 is 10.3 Å². The minimum absolute atomic E-state index is 0. The largest absolute Gasteiger partial charge is 2.00 e. The van der Waals surface area contributed by atoms with Crippen molar-refractivity contribution < 1.29 is 34.8 Å². The maximum atomic E-state index is 13.1. The Hall–Kier alpha value is -3.81. The van der Waals surface area contributed by atoms with Crippen molar-refractivity contribution in [3.8, 4) is 35.0 Å². The van der Waals surface area contributed by atoms with Gasteiger partial charge in [0, 0.05) is 18.2 Å². The zero-order chi connectivity index (χ0) is 27.2. The van der Waals surface area contributed by atoms with Crippen molar-refractivity contribution in [2.24, 2.45) is 5.92 Å². The number of nitrogens with zero attached hydrogens (tertiary/aromatic N) is 5. The van der Waals surface area contributed by atoms with Crippen LogP contribution in [0.1, 0.15) is 47.0 Å². The van der Waals surface area contributed by atoms with Gasteiger partial charge in [0.1, 0.15) is 17.3 Å². The van der Waals surface area contributed by atoms with Crippen LogP contribution in [-0.4, -0.2) is 38.1 Å². The number of pyridine rings is 3. The third kappa shape index (κ3) is 6.80. The Morgan fingerprint density at radius 3 is 2.59 bits per heavy atom. The van der Waals surface area contributed by atoms with E-state index in [4.69, 9.17) is 11.2 Å². The molecule has 0 amide bonds. The molecule has 0 radical (unpaired) electrons. The number of aryl methyl sites for hydroxylation is 1. The molecule has 4 aromatic rings. The summed E-state index contributed by atoms with van der Waals surface area (Å²) in [6.07, 6.45) is 10.3. The van der Waals surface area contributed by atoms with Crippen molar-refractivity contribution in [2.75, 3.05) is 7.11 Å². The molecule has 0 bridgehead atoms. The SMILES string of the molecule is C#CC1CC(c2nn[c-]s2)C1.COc1cnc(C(F)F)cc1-c1cc(-n2ccc(C)cc2=O)ncc1[C-]=O.[Ni+2]. The number of alkyl halides is 2. The van der Waals surface area contributed by atoms with Crippen molar-refractivity contribution in [1.29, 1.82) is 0 Å². The fourth-order valence-corrected chi connectivity index (χ4v) is 4.49. The van der Waals surface area contributed by atoms with Crippen LogP contribution in [0.4, 0.5) is 8.78 Å². The summed E-state index contributed by atoms with van der Waals surface area (Å²) in [7, 11) is 1.36. The molecule has 39 heavy (non-hydrogen) atoms. The van der Waals surface area contributed by atoms with Crippen molar-refractivity contribution in [3.63, 3.8) is 0 Å². The van der Waals surface area contributed by atoms with Gasteiger partial charge >= 0.3 is 16.5 Å². The molecule has 0 saturated heterocycles. The zero-order valence-corrected chi connectivity index (χ0v) is 22.5. The first kappa shape index (κ1) is 29.7. The molecule has 202 valence electrons. The van der Waals surface area contributed by atoms with Gasteiger partial charge in [-0.2, -0.15) is 0 Å². The number of terminal acetylenes is 1. The Balaban J connectivity index is 0.000000292. The summed E-state index contributed by atoms with van der Waals surface area (Å²) in [6.45, 7) is 1.78. The maximum absolute atomic E-state index is 13.1. The van der Waals surface area contributed by atoms with Crippen molar-refractivity contribution in [2.45, 2.75) is 32.1 Å². The number of hydrogen-bond donors (Lipinski definition) is 0. The standard InChI is InChI=1S/C19H14F2N3O3.C8H7N2S.Ni/c1-11-3-4-24(18(26)5-11)17-7-13(12(10-25)8-23-17)14-6-15(19(20)21)22-9-16(14)27-2;1-2-6-3-7(4-6)8-10-9-5-11-8;/h3-9,19H,1-2H3;1,6-7H,3-4H2;/q2*-1;+2. The molecule has 12 heteroatoms. The number of methoxy groups -OCH3 is 1. The van der Waals surface area contributed by atoms with Crippen LogP contribution in [0.2, 0.25) is 0 Å². The van der Waals surface area contributed by atoms with Gasteiger partial charge in [-0.1, -0.05) is 23.7 Å². The van der Waals surface area contributed by atoms with Gasteiger partial charge in [-0.15, -0.1) is 23.5 Å². The van der Waals surface area contributed by atoms with E-state index in [1.807, 2.05) is 0 Å². The molecule has 5 rings (SSSR count). The Morgan fingerprint density at radius 2 is 2.00 bits per heavy atom. The summed E-state index contributed by atoms with van der Waals surface area (Å²) in [5, 5.41) is 8.71. The molecule has 1 aliphatic rings. The summed E-state index contributed by atoms with van der Waals surface area (Å²) < 4.78 is 32.6. The third-order valence-electron chi connectivity index (χ3n) is 6.01. The summed E-state index contributed by atoms with van der Waals surface area (Å²) in [6, 6.07) is 5.75. The third-order valence-corrected chi connectivity index (χ3v) is 6.80. The average Bonchev–Trinajstić information content (AvgIpc) is 3.42. The number of hydrogen-bond acceptors (Lipinski definition) is 8. The van der Waals surface area contributed by atoms with Crippen LogP contribution in [0.15, 0.2) is 47.7 Å². The van der Waals surface area contributed by atoms with Gasteiger partial charge in [-0.3, -0.25) is 24.5 Å². The maximum Gasteiger partial charge on any atom is 2.00 e. The van der Waals surface area contributed by atoms with E-state index in [9.17, 15) is 18.4 Å². The average molecular weight is 592 g/mol. The van der Waals surface area contributed by atoms with E-state index in [-0.39, 0.29) is 50.3 Å². The predicted molar refractivity (Wildman–Crippen MR) is 137 cm³/mol. The first-order valence-corrected chi connectivity index (χ1v) is 12.2. The van der Waals surface area contributed by atoms with E-state index in [0.717, 1.165) is 35.7 Å². The molecular formula is C27H21F2N5NiO3S. The first-order valence-electron chi connectivity index (χ1n) is 11.4. The Kier molecular flexibility index (Phi) is 10.2. The van der Waals surface area contributed by atoms with E-state index in [1.54, 1.807) is 25.5 Å². The number of ether oxygens (including phenoxy) is 1. The minimum atomic E-state index is -2.79. The second kappa shape index (κ2) is 13.3. The molecule has 1 aliphatic carbocycles. The van der Waals surface area contributed by atoms with E-state index in [0.29, 0.717) is 11.8 Å². The van der Waals surface area contributed by atoms with Gasteiger partial charge in [-0.05, 0) is 48.0 Å². The van der Waals surface area contributed by atoms with Gasteiger partial charge in [0.25, 0.3) is 12.0 Å². The Bertz CT molecular complexity index is 1530. The van der Waals surface area contributed by atoms with Gasteiger partial charge in [0.15, 0.2) is 0 Å². The van der Waals surface area contributed by atoms with Crippen molar-refractivity contribution in [1.82, 2.24) is 24.7 Å². The quantitative estimate of drug-likeness (QED) is 0.185. The van der Waals surface area contributed by atoms with E-state index < -0.39 is 12.1 Å². The van der Waals surface area contributed by atoms with E-state index >= 15 is 0 Å². The Labute approximate surface area is 237 Å². The second-order valence-electron chi connectivity index (χ2n) is 8.48. The van der Waals surface area contributed by atoms with Crippen molar-refractivity contribution in [3.05, 3.63) is 80.5 Å². The molecule has 4 heterocycles. The summed E-state index contributed by atoms with van der Waals surface area (Å²) >= 11 is 1.50.